The van der Waals surface area contributed by atoms with Crippen LogP contribution in [-0.2, 0) is 19.4 Å². The van der Waals surface area contributed by atoms with Gasteiger partial charge in [0, 0.05) is 38.8 Å². The van der Waals surface area contributed by atoms with Crippen LogP contribution in [0.5, 0.6) is 11.5 Å². The Morgan fingerprint density at radius 1 is 1.04 bits per heavy atom. The van der Waals surface area contributed by atoms with Crippen molar-refractivity contribution in [1.29, 1.82) is 0 Å². The summed E-state index contributed by atoms with van der Waals surface area (Å²) >= 11 is 7.72. The van der Waals surface area contributed by atoms with Gasteiger partial charge in [-0.2, -0.15) is 0 Å². The van der Waals surface area contributed by atoms with Crippen LogP contribution in [0.25, 0.3) is 21.3 Å². The number of para-hydroxylation sites is 1. The Labute approximate surface area is 306 Å². The molecule has 0 bridgehead atoms. The Kier molecular flexibility index (Phi) is 10.0. The summed E-state index contributed by atoms with van der Waals surface area (Å²) < 4.78 is 52.1. The third-order valence-electron chi connectivity index (χ3n) is 10.0. The van der Waals surface area contributed by atoms with Gasteiger partial charge in [-0.1, -0.05) is 29.8 Å². The second-order valence-corrected chi connectivity index (χ2v) is 14.6. The minimum Gasteiger partial charge on any atom is -0.491 e. The number of aromatic carboxylic acids is 1. The topological polar surface area (TPSA) is 107 Å². The molecule has 1 N–H and O–H groups in total. The number of hydrogen-bond acceptors (Lipinski definition) is 8. The predicted octanol–water partition coefficient (Wildman–Crippen LogP) is 8.20. The lowest BCUT2D eigenvalue weighted by atomic mass is 9.85. The number of aromatic nitrogens is 3. The number of piperidine rings is 1. The molecule has 0 radical (unpaired) electrons. The normalized spacial score (nSPS) is 16.9. The van der Waals surface area contributed by atoms with Crippen molar-refractivity contribution >= 4 is 39.1 Å². The van der Waals surface area contributed by atoms with E-state index in [4.69, 9.17) is 21.3 Å². The molecule has 272 valence electrons. The highest BCUT2D eigenvalue weighted by Gasteiger charge is 2.35. The lowest BCUT2D eigenvalue weighted by molar-refractivity contribution is -0.275. The highest BCUT2D eigenvalue weighted by atomic mass is 35.5. The summed E-state index contributed by atoms with van der Waals surface area (Å²) in [6, 6.07) is 13.7. The van der Waals surface area contributed by atoms with E-state index in [0.29, 0.717) is 88.0 Å². The van der Waals surface area contributed by atoms with Crippen LogP contribution < -0.4 is 15.0 Å². The van der Waals surface area contributed by atoms with Crippen LogP contribution in [-0.4, -0.2) is 62.6 Å². The number of hydrogen-bond donors (Lipinski definition) is 1. The number of benzene rings is 2. The highest BCUT2D eigenvalue weighted by Crippen LogP contribution is 2.41. The maximum atomic E-state index is 13.9. The molecule has 0 spiro atoms. The van der Waals surface area contributed by atoms with Crippen LogP contribution in [0.4, 0.5) is 13.2 Å². The van der Waals surface area contributed by atoms with Gasteiger partial charge in [-0.25, -0.2) is 9.78 Å². The fourth-order valence-electron chi connectivity index (χ4n) is 7.57. The molecule has 0 saturated carbocycles. The van der Waals surface area contributed by atoms with E-state index in [0.717, 1.165) is 17.7 Å². The molecule has 7 rings (SSSR count). The first-order valence-electron chi connectivity index (χ1n) is 17.1. The number of carboxylic acids is 1. The molecule has 14 heteroatoms. The molecular formula is C38H36ClF3N4O5S. The Morgan fingerprint density at radius 3 is 2.56 bits per heavy atom. The van der Waals surface area contributed by atoms with E-state index >= 15 is 0 Å². The quantitative estimate of drug-likeness (QED) is 0.161. The van der Waals surface area contributed by atoms with Crippen molar-refractivity contribution in [3.8, 4) is 22.6 Å². The van der Waals surface area contributed by atoms with Gasteiger partial charge in [0.15, 0.2) is 0 Å². The summed E-state index contributed by atoms with van der Waals surface area (Å²) in [6.45, 7) is 5.48. The number of alkyl halides is 3. The summed E-state index contributed by atoms with van der Waals surface area (Å²) in [7, 11) is 0. The summed E-state index contributed by atoms with van der Waals surface area (Å²) in [5, 5.41) is 11.8. The van der Waals surface area contributed by atoms with Gasteiger partial charge in [-0.3, -0.25) is 19.2 Å². The van der Waals surface area contributed by atoms with E-state index in [1.54, 1.807) is 53.3 Å². The maximum absolute atomic E-state index is 13.9. The van der Waals surface area contributed by atoms with Gasteiger partial charge in [0.25, 0.3) is 5.56 Å². The molecule has 4 heterocycles. The average molecular weight is 753 g/mol. The van der Waals surface area contributed by atoms with Gasteiger partial charge in [0.1, 0.15) is 23.9 Å². The van der Waals surface area contributed by atoms with Crippen LogP contribution in [0.3, 0.4) is 0 Å². The van der Waals surface area contributed by atoms with E-state index in [2.05, 4.69) is 14.6 Å². The van der Waals surface area contributed by atoms with Crippen LogP contribution in [0.15, 0.2) is 58.7 Å². The summed E-state index contributed by atoms with van der Waals surface area (Å²) in [5.41, 5.74) is 4.65. The largest absolute Gasteiger partial charge is 0.573 e. The monoisotopic (exact) mass is 752 g/mol. The number of pyridine rings is 1. The second kappa shape index (κ2) is 14.5. The number of aryl methyl sites for hydroxylation is 3. The molecule has 52 heavy (non-hydrogen) atoms. The van der Waals surface area contributed by atoms with Crippen molar-refractivity contribution in [2.45, 2.75) is 70.8 Å². The van der Waals surface area contributed by atoms with Gasteiger partial charge in [-0.05, 0) is 101 Å². The molecule has 3 aromatic heterocycles. The maximum Gasteiger partial charge on any atom is 0.573 e. The highest BCUT2D eigenvalue weighted by molar-refractivity contribution is 7.18. The van der Waals surface area contributed by atoms with Crippen LogP contribution in [0.2, 0.25) is 5.02 Å². The third kappa shape index (κ3) is 7.39. The van der Waals surface area contributed by atoms with Gasteiger partial charge >= 0.3 is 12.3 Å². The van der Waals surface area contributed by atoms with Gasteiger partial charge in [0.05, 0.1) is 28.0 Å². The molecule has 1 atom stereocenters. The van der Waals surface area contributed by atoms with Gasteiger partial charge in [0.2, 0.25) is 0 Å². The van der Waals surface area contributed by atoms with E-state index in [-0.39, 0.29) is 42.0 Å². The molecule has 1 aliphatic heterocycles. The zero-order chi connectivity index (χ0) is 36.7. The number of fused-ring (bicyclic) bond motifs is 2. The number of ether oxygens (including phenoxy) is 2. The molecular weight excluding hydrogens is 717 g/mol. The summed E-state index contributed by atoms with van der Waals surface area (Å²) in [5.74, 6) is -0.0918. The molecule has 1 fully saturated rings. The minimum absolute atomic E-state index is 0.0467. The second-order valence-electron chi connectivity index (χ2n) is 13.3. The molecule has 9 nitrogen and oxygen atoms in total. The average Bonchev–Trinajstić information content (AvgIpc) is 3.54. The smallest absolute Gasteiger partial charge is 0.491 e. The number of carbonyl (C=O) groups is 1. The SMILES string of the molecule is Cc1cc(-c2cc(Cl)ccc2OCCn2c(C)nc3c(c2=O)C[C@@H](N2CCC(c4ccccc4OC(F)(F)F)CC2)CC3)c2scc(C(=O)O)c2n1. The molecule has 1 saturated heterocycles. The van der Waals surface area contributed by atoms with E-state index < -0.39 is 12.3 Å². The Bertz CT molecular complexity index is 2210. The third-order valence-corrected chi connectivity index (χ3v) is 11.2. The van der Waals surface area contributed by atoms with E-state index in [1.165, 1.54) is 17.4 Å². The van der Waals surface area contributed by atoms with Crippen LogP contribution in [0, 0.1) is 13.8 Å². The van der Waals surface area contributed by atoms with Crippen molar-refractivity contribution in [2.24, 2.45) is 0 Å². The number of carboxylic acid groups (broad SMARTS) is 1. The van der Waals surface area contributed by atoms with Crippen molar-refractivity contribution < 1.29 is 32.5 Å². The van der Waals surface area contributed by atoms with Crippen molar-refractivity contribution in [3.63, 3.8) is 0 Å². The number of likely N-dealkylation sites (tertiary alicyclic amines) is 1. The first-order valence-corrected chi connectivity index (χ1v) is 18.3. The molecule has 2 aromatic carbocycles. The van der Waals surface area contributed by atoms with Gasteiger partial charge in [-0.15, -0.1) is 24.5 Å². The molecule has 0 amide bonds. The fourth-order valence-corrected chi connectivity index (χ4v) is 8.75. The van der Waals surface area contributed by atoms with Crippen molar-refractivity contribution in [1.82, 2.24) is 19.4 Å². The lowest BCUT2D eigenvalue weighted by Crippen LogP contribution is -2.46. The summed E-state index contributed by atoms with van der Waals surface area (Å²) in [4.78, 5) is 37.4. The standard InChI is InChI=1S/C38H36ClF3N4O5S/c1-21-17-28(35-34(43-21)30(20-52-35)37(48)49)27-18-24(39)7-10-32(27)50-16-15-46-22(2)44-31-9-8-25(19-29(31)36(46)47)45-13-11-23(12-14-45)26-5-3-4-6-33(26)51-38(40,41)42/h3-7,10,17-18,20,23,25H,8-9,11-16,19H2,1-2H3,(H,48,49)/t25-/m0/s1. The number of rotatable bonds is 9. The van der Waals surface area contributed by atoms with Gasteiger partial charge < -0.3 is 14.6 Å². The van der Waals surface area contributed by atoms with Crippen LogP contribution in [0.1, 0.15) is 63.9 Å². The lowest BCUT2D eigenvalue weighted by Gasteiger charge is -2.39. The Balaban J connectivity index is 1.05. The first-order chi connectivity index (χ1) is 24.9. The Hall–Kier alpha value is -4.46. The number of halogens is 4. The number of nitrogens with zero attached hydrogens (tertiary/aromatic N) is 4. The molecule has 1 aliphatic carbocycles. The van der Waals surface area contributed by atoms with Crippen LogP contribution >= 0.6 is 22.9 Å². The van der Waals surface area contributed by atoms with E-state index in [9.17, 15) is 27.9 Å². The summed E-state index contributed by atoms with van der Waals surface area (Å²) in [6.07, 6.45) is -1.28. The van der Waals surface area contributed by atoms with Crippen molar-refractivity contribution in [3.05, 3.63) is 103 Å². The Morgan fingerprint density at radius 2 is 1.81 bits per heavy atom. The number of thiophene rings is 1. The molecule has 0 unspecified atom stereocenters. The predicted molar refractivity (Wildman–Crippen MR) is 193 cm³/mol. The van der Waals surface area contributed by atoms with E-state index in [1.807, 2.05) is 13.0 Å². The fraction of sp³-hybridized carbons (Fsp3) is 0.368. The van der Waals surface area contributed by atoms with Crippen molar-refractivity contribution in [2.75, 3.05) is 19.7 Å². The zero-order valence-corrected chi connectivity index (χ0v) is 30.1. The minimum atomic E-state index is -4.75. The molecule has 5 aromatic rings. The molecule has 2 aliphatic rings. The zero-order valence-electron chi connectivity index (χ0n) is 28.5. The first kappa shape index (κ1) is 35.9.